The van der Waals surface area contributed by atoms with Crippen LogP contribution in [0.4, 0.5) is 0 Å². The monoisotopic (exact) mass is 522 g/mol. The highest BCUT2D eigenvalue weighted by atomic mass is 79.9. The Morgan fingerprint density at radius 1 is 1.12 bits per heavy atom. The molecule has 0 unspecified atom stereocenters. The van der Waals surface area contributed by atoms with Crippen LogP contribution in [0.1, 0.15) is 22.3 Å². The minimum Gasteiger partial charge on any atom is -0.493 e. The van der Waals surface area contributed by atoms with Gasteiger partial charge in [-0.1, -0.05) is 48.0 Å². The van der Waals surface area contributed by atoms with E-state index in [0.29, 0.717) is 31.1 Å². The molecular weight excluding hydrogens is 496 g/mol. The Bertz CT molecular complexity index is 1300. The fourth-order valence-corrected chi connectivity index (χ4v) is 4.58. The molecule has 0 aliphatic rings. The number of fused-ring (bicyclic) bond motifs is 1. The van der Waals surface area contributed by atoms with Crippen molar-refractivity contribution in [1.29, 1.82) is 0 Å². The first-order valence-corrected chi connectivity index (χ1v) is 11.8. The number of aromatic nitrogens is 1. The highest BCUT2D eigenvalue weighted by Gasteiger charge is 2.20. The molecule has 0 spiro atoms. The Kier molecular flexibility index (Phi) is 7.55. The predicted octanol–water partition coefficient (Wildman–Crippen LogP) is 5.61. The number of carboxylic acid groups (broad SMARTS) is 1. The van der Waals surface area contributed by atoms with E-state index in [1.807, 2.05) is 67.7 Å². The zero-order valence-corrected chi connectivity index (χ0v) is 20.7. The van der Waals surface area contributed by atoms with Gasteiger partial charge in [-0.25, -0.2) is 0 Å². The molecule has 0 saturated heterocycles. The van der Waals surface area contributed by atoms with Crippen molar-refractivity contribution in [2.75, 3.05) is 7.11 Å². The highest BCUT2D eigenvalue weighted by molar-refractivity contribution is 9.10. The van der Waals surface area contributed by atoms with Gasteiger partial charge in [0.1, 0.15) is 12.6 Å². The predicted molar refractivity (Wildman–Crippen MR) is 136 cm³/mol. The summed E-state index contributed by atoms with van der Waals surface area (Å²) in [6.07, 6.45) is 2.25. The first-order chi connectivity index (χ1) is 16.4. The summed E-state index contributed by atoms with van der Waals surface area (Å²) in [4.78, 5) is 15.1. The molecule has 3 aromatic carbocycles. The molecule has 1 heterocycles. The van der Waals surface area contributed by atoms with Crippen LogP contribution in [0.15, 0.2) is 71.3 Å². The lowest BCUT2D eigenvalue weighted by Crippen LogP contribution is -2.38. The molecule has 34 heavy (non-hydrogen) atoms. The average Bonchev–Trinajstić information content (AvgIpc) is 3.23. The number of ether oxygens (including phenoxy) is 2. The summed E-state index contributed by atoms with van der Waals surface area (Å²) in [5.41, 5.74) is 5.10. The molecule has 176 valence electrons. The van der Waals surface area contributed by atoms with Gasteiger partial charge in [0, 0.05) is 30.1 Å². The van der Waals surface area contributed by atoms with Crippen LogP contribution in [0.25, 0.3) is 10.9 Å². The lowest BCUT2D eigenvalue weighted by Gasteiger charge is -2.17. The third-order valence-corrected chi connectivity index (χ3v) is 6.29. The maximum atomic E-state index is 11.9. The van der Waals surface area contributed by atoms with Gasteiger partial charge >= 0.3 is 5.97 Å². The molecule has 1 aromatic heterocycles. The van der Waals surface area contributed by atoms with Crippen molar-refractivity contribution in [3.8, 4) is 11.5 Å². The molecule has 0 radical (unpaired) electrons. The number of para-hydroxylation sites is 1. The number of aromatic amines is 1. The molecule has 0 bridgehead atoms. The summed E-state index contributed by atoms with van der Waals surface area (Å²) in [6, 6.07) is 19.1. The van der Waals surface area contributed by atoms with Crippen LogP contribution < -0.4 is 14.8 Å². The molecule has 3 N–H and O–H groups in total. The zero-order chi connectivity index (χ0) is 24.1. The standard InChI is InChI=1S/C27H27BrN2O4/c1-17-6-5-7-18(10-17)16-34-26-22(28)11-19(12-25(26)33-2)14-29-24(27(31)32)13-20-15-30-23-9-4-3-8-21(20)23/h3-12,15,24,29-30H,13-14,16H2,1-2H3,(H,31,32)/t24-/m1/s1. The molecule has 0 amide bonds. The van der Waals surface area contributed by atoms with E-state index in [9.17, 15) is 9.90 Å². The number of aliphatic carboxylic acids is 1. The van der Waals surface area contributed by atoms with E-state index in [2.05, 4.69) is 32.3 Å². The Hall–Kier alpha value is -3.29. The number of nitrogens with one attached hydrogen (secondary N) is 2. The molecule has 1 atom stereocenters. The number of methoxy groups -OCH3 is 1. The number of hydrogen-bond donors (Lipinski definition) is 3. The summed E-state index contributed by atoms with van der Waals surface area (Å²) in [6.45, 7) is 2.83. The fraction of sp³-hybridized carbons (Fsp3) is 0.222. The molecular formula is C27H27BrN2O4. The third-order valence-electron chi connectivity index (χ3n) is 5.70. The molecule has 4 rings (SSSR count). The van der Waals surface area contributed by atoms with Crippen molar-refractivity contribution in [2.24, 2.45) is 0 Å². The Labute approximate surface area is 207 Å². The minimum absolute atomic E-state index is 0.368. The van der Waals surface area contributed by atoms with E-state index in [0.717, 1.165) is 32.1 Å². The van der Waals surface area contributed by atoms with E-state index in [4.69, 9.17) is 9.47 Å². The molecule has 4 aromatic rings. The fourth-order valence-electron chi connectivity index (χ4n) is 3.98. The largest absolute Gasteiger partial charge is 0.493 e. The maximum absolute atomic E-state index is 11.9. The minimum atomic E-state index is -0.894. The summed E-state index contributed by atoms with van der Waals surface area (Å²) < 4.78 is 12.4. The Morgan fingerprint density at radius 2 is 1.94 bits per heavy atom. The first kappa shape index (κ1) is 23.9. The number of benzene rings is 3. The summed E-state index contributed by atoms with van der Waals surface area (Å²) in [7, 11) is 1.59. The van der Waals surface area contributed by atoms with Crippen LogP contribution in [0, 0.1) is 6.92 Å². The molecule has 0 fully saturated rings. The lowest BCUT2D eigenvalue weighted by molar-refractivity contribution is -0.139. The van der Waals surface area contributed by atoms with Gasteiger partial charge in [-0.15, -0.1) is 0 Å². The number of hydrogen-bond acceptors (Lipinski definition) is 4. The van der Waals surface area contributed by atoms with E-state index in [1.165, 1.54) is 5.56 Å². The number of H-pyrrole nitrogens is 1. The number of carboxylic acids is 1. The van der Waals surface area contributed by atoms with E-state index in [-0.39, 0.29) is 0 Å². The highest BCUT2D eigenvalue weighted by Crippen LogP contribution is 2.37. The number of carbonyl (C=O) groups is 1. The number of aryl methyl sites for hydroxylation is 1. The number of rotatable bonds is 10. The Morgan fingerprint density at radius 3 is 2.71 bits per heavy atom. The second kappa shape index (κ2) is 10.8. The van der Waals surface area contributed by atoms with Gasteiger partial charge < -0.3 is 24.9 Å². The third kappa shape index (κ3) is 5.61. The van der Waals surface area contributed by atoms with Crippen molar-refractivity contribution in [3.63, 3.8) is 0 Å². The Balaban J connectivity index is 1.45. The van der Waals surface area contributed by atoms with Crippen LogP contribution >= 0.6 is 15.9 Å². The summed E-state index contributed by atoms with van der Waals surface area (Å²) >= 11 is 3.59. The van der Waals surface area contributed by atoms with Gasteiger partial charge in [-0.2, -0.15) is 0 Å². The van der Waals surface area contributed by atoms with Crippen LogP contribution in [0.2, 0.25) is 0 Å². The molecule has 7 heteroatoms. The first-order valence-electron chi connectivity index (χ1n) is 11.0. The van der Waals surface area contributed by atoms with Crippen LogP contribution in [-0.4, -0.2) is 29.2 Å². The van der Waals surface area contributed by atoms with Crippen LogP contribution in [0.3, 0.4) is 0 Å². The van der Waals surface area contributed by atoms with Gasteiger partial charge in [-0.05, 0) is 57.7 Å². The second-order valence-electron chi connectivity index (χ2n) is 8.22. The lowest BCUT2D eigenvalue weighted by atomic mass is 10.0. The maximum Gasteiger partial charge on any atom is 0.321 e. The van der Waals surface area contributed by atoms with Crippen molar-refractivity contribution < 1.29 is 19.4 Å². The quantitative estimate of drug-likeness (QED) is 0.252. The van der Waals surface area contributed by atoms with E-state index < -0.39 is 12.0 Å². The van der Waals surface area contributed by atoms with Gasteiger partial charge in [-0.3, -0.25) is 4.79 Å². The van der Waals surface area contributed by atoms with Gasteiger partial charge in [0.05, 0.1) is 11.6 Å². The molecule has 6 nitrogen and oxygen atoms in total. The summed E-state index contributed by atoms with van der Waals surface area (Å²) in [5, 5.41) is 14.0. The topological polar surface area (TPSA) is 83.6 Å². The van der Waals surface area contributed by atoms with E-state index in [1.54, 1.807) is 7.11 Å². The molecule has 0 aliphatic heterocycles. The SMILES string of the molecule is COc1cc(CN[C@H](Cc2c[nH]c3ccccc23)C(=O)O)cc(Br)c1OCc1cccc(C)c1. The van der Waals surface area contributed by atoms with Crippen molar-refractivity contribution in [2.45, 2.75) is 32.5 Å². The van der Waals surface area contributed by atoms with Crippen LogP contribution in [-0.2, 0) is 24.4 Å². The number of halogens is 1. The average molecular weight is 523 g/mol. The zero-order valence-electron chi connectivity index (χ0n) is 19.1. The van der Waals surface area contributed by atoms with Crippen molar-refractivity contribution in [1.82, 2.24) is 10.3 Å². The van der Waals surface area contributed by atoms with Crippen molar-refractivity contribution in [3.05, 3.63) is 93.6 Å². The van der Waals surface area contributed by atoms with Gasteiger partial charge in [0.15, 0.2) is 11.5 Å². The molecule has 0 aliphatic carbocycles. The second-order valence-corrected chi connectivity index (χ2v) is 9.08. The smallest absolute Gasteiger partial charge is 0.321 e. The van der Waals surface area contributed by atoms with Gasteiger partial charge in [0.25, 0.3) is 0 Å². The molecule has 0 saturated carbocycles. The summed E-state index contributed by atoms with van der Waals surface area (Å²) in [5.74, 6) is 0.304. The normalized spacial score (nSPS) is 12.0. The van der Waals surface area contributed by atoms with Crippen LogP contribution in [0.5, 0.6) is 11.5 Å². The van der Waals surface area contributed by atoms with Crippen molar-refractivity contribution >= 4 is 32.8 Å². The van der Waals surface area contributed by atoms with Gasteiger partial charge in [0.2, 0.25) is 0 Å². The van der Waals surface area contributed by atoms with E-state index >= 15 is 0 Å².